The van der Waals surface area contributed by atoms with Crippen LogP contribution in [0.5, 0.6) is 0 Å². The van der Waals surface area contributed by atoms with Crippen LogP contribution < -0.4 is 0 Å². The van der Waals surface area contributed by atoms with E-state index in [0.29, 0.717) is 12.8 Å². The maximum Gasteiger partial charge on any atom is 0.310 e. The quantitative estimate of drug-likeness (QED) is 0.0261. The summed E-state index contributed by atoms with van der Waals surface area (Å²) in [7, 11) is 0. The lowest BCUT2D eigenvalue weighted by molar-refractivity contribution is -0.166. The zero-order valence-electron chi connectivity index (χ0n) is 54.5. The van der Waals surface area contributed by atoms with Crippen molar-refractivity contribution in [2.75, 3.05) is 13.2 Å². The molecule has 0 aliphatic carbocycles. The van der Waals surface area contributed by atoms with Crippen LogP contribution in [-0.2, 0) is 28.6 Å². The van der Waals surface area contributed by atoms with Crippen LogP contribution in [0.25, 0.3) is 0 Å². The van der Waals surface area contributed by atoms with Gasteiger partial charge in [0.05, 0.1) is 6.42 Å². The SMILES string of the molecule is CC/C=C\C/C=C\C/C=C\C/C=C\C/C=C\CC(=O)OC(COC(=O)CCCCCCC/C=C\C/C=C\CCCCC)COC(=O)CCCCCCCCCCCCCCCCCCCCCCCCCCCCCCCCCCCC. The molecule has 0 aliphatic rings. The minimum Gasteiger partial charge on any atom is -0.462 e. The number of rotatable bonds is 65. The number of carbonyl (C=O) groups is 3. The predicted octanol–water partition coefficient (Wildman–Crippen LogP) is 24.6. The fourth-order valence-electron chi connectivity index (χ4n) is 10.4. The predicted molar refractivity (Wildman–Crippen MR) is 358 cm³/mol. The van der Waals surface area contributed by atoms with Crippen molar-refractivity contribution in [1.82, 2.24) is 0 Å². The molecule has 6 nitrogen and oxygen atoms in total. The van der Waals surface area contributed by atoms with Gasteiger partial charge in [0.15, 0.2) is 6.10 Å². The van der Waals surface area contributed by atoms with Crippen LogP contribution >= 0.6 is 0 Å². The third-order valence-corrected chi connectivity index (χ3v) is 15.7. The van der Waals surface area contributed by atoms with Crippen LogP contribution in [0, 0.1) is 0 Å². The van der Waals surface area contributed by atoms with Crippen molar-refractivity contribution in [2.45, 2.75) is 367 Å². The number of unbranched alkanes of at least 4 members (excludes halogenated alkanes) is 41. The molecule has 0 N–H and O–H groups in total. The zero-order chi connectivity index (χ0) is 59.2. The highest BCUT2D eigenvalue weighted by Crippen LogP contribution is 2.18. The number of ether oxygens (including phenoxy) is 3. The van der Waals surface area contributed by atoms with Gasteiger partial charge in [0.25, 0.3) is 0 Å². The van der Waals surface area contributed by atoms with Crippen LogP contribution in [0.1, 0.15) is 361 Å². The minimum atomic E-state index is -0.837. The Morgan fingerprint density at radius 2 is 0.512 bits per heavy atom. The summed E-state index contributed by atoms with van der Waals surface area (Å²) in [6.07, 6.45) is 93.9. The van der Waals surface area contributed by atoms with Gasteiger partial charge < -0.3 is 14.2 Å². The first-order chi connectivity index (χ1) is 40.5. The van der Waals surface area contributed by atoms with Crippen molar-refractivity contribution in [2.24, 2.45) is 0 Å². The molecule has 0 fully saturated rings. The third kappa shape index (κ3) is 67.4. The smallest absolute Gasteiger partial charge is 0.310 e. The van der Waals surface area contributed by atoms with Crippen molar-refractivity contribution < 1.29 is 28.6 Å². The molecule has 0 radical (unpaired) electrons. The molecule has 0 saturated heterocycles. The Balaban J connectivity index is 4.16. The van der Waals surface area contributed by atoms with Gasteiger partial charge in [0, 0.05) is 12.8 Å². The Morgan fingerprint density at radius 1 is 0.268 bits per heavy atom. The molecule has 1 unspecified atom stereocenters. The van der Waals surface area contributed by atoms with Crippen LogP contribution in [0.3, 0.4) is 0 Å². The standard InChI is InChI=1S/C76H134O6/c1-4-7-10-13-16-19-22-25-28-29-30-31-32-33-34-35-36-37-38-39-40-41-42-43-44-45-46-49-51-54-57-60-63-66-69-75(78)81-72-73(82-76(79)70-67-64-61-58-55-52-48-27-24-21-18-15-12-9-6-3)71-80-74(77)68-65-62-59-56-53-50-47-26-23-20-17-14-11-8-5-2/h9,12,17-18,20-21,26-27,47-48,55,58,64,67,73H,4-8,10-11,13-16,19,22-25,28-46,49-54,56-57,59-63,65-66,68-72H2,1-3H3/b12-9-,20-17-,21-18-,47-26-,48-27-,58-55-,67-64-. The van der Waals surface area contributed by atoms with Gasteiger partial charge in [0.2, 0.25) is 0 Å². The van der Waals surface area contributed by atoms with Gasteiger partial charge in [0.1, 0.15) is 13.2 Å². The largest absolute Gasteiger partial charge is 0.462 e. The highest BCUT2D eigenvalue weighted by molar-refractivity contribution is 5.72. The highest BCUT2D eigenvalue weighted by atomic mass is 16.6. The second-order valence-electron chi connectivity index (χ2n) is 23.8. The van der Waals surface area contributed by atoms with E-state index >= 15 is 0 Å². The van der Waals surface area contributed by atoms with Crippen molar-refractivity contribution in [3.63, 3.8) is 0 Å². The summed E-state index contributed by atoms with van der Waals surface area (Å²) in [4.78, 5) is 38.3. The van der Waals surface area contributed by atoms with Crippen molar-refractivity contribution in [1.29, 1.82) is 0 Å². The summed E-state index contributed by atoms with van der Waals surface area (Å²) in [5, 5.41) is 0. The van der Waals surface area contributed by atoms with Gasteiger partial charge in [-0.15, -0.1) is 0 Å². The van der Waals surface area contributed by atoms with E-state index in [-0.39, 0.29) is 31.6 Å². The molecule has 0 bridgehead atoms. The molecule has 82 heavy (non-hydrogen) atoms. The average molecular weight is 1140 g/mol. The second kappa shape index (κ2) is 70.1. The van der Waals surface area contributed by atoms with Crippen LogP contribution in [-0.4, -0.2) is 37.2 Å². The van der Waals surface area contributed by atoms with E-state index in [1.54, 1.807) is 6.08 Å². The molecular formula is C76H134O6. The van der Waals surface area contributed by atoms with E-state index < -0.39 is 12.1 Å². The molecule has 1 atom stereocenters. The molecule has 0 aromatic carbocycles. The Bertz CT molecular complexity index is 1550. The van der Waals surface area contributed by atoms with Crippen molar-refractivity contribution >= 4 is 17.9 Å². The van der Waals surface area contributed by atoms with Crippen LogP contribution in [0.4, 0.5) is 0 Å². The van der Waals surface area contributed by atoms with Crippen molar-refractivity contribution in [3.05, 3.63) is 85.1 Å². The van der Waals surface area contributed by atoms with E-state index in [1.807, 2.05) is 6.08 Å². The van der Waals surface area contributed by atoms with Gasteiger partial charge >= 0.3 is 17.9 Å². The van der Waals surface area contributed by atoms with Crippen LogP contribution in [0.15, 0.2) is 85.1 Å². The number of esters is 3. The fourth-order valence-corrected chi connectivity index (χ4v) is 10.4. The monoisotopic (exact) mass is 1140 g/mol. The van der Waals surface area contributed by atoms with E-state index in [2.05, 4.69) is 93.7 Å². The van der Waals surface area contributed by atoms with E-state index in [9.17, 15) is 14.4 Å². The summed E-state index contributed by atoms with van der Waals surface area (Å²) >= 11 is 0. The summed E-state index contributed by atoms with van der Waals surface area (Å²) in [5.41, 5.74) is 0. The molecule has 0 amide bonds. The van der Waals surface area contributed by atoms with Crippen molar-refractivity contribution in [3.8, 4) is 0 Å². The fraction of sp³-hybridized carbons (Fsp3) is 0.776. The summed E-state index contributed by atoms with van der Waals surface area (Å²) < 4.78 is 16.8. The highest BCUT2D eigenvalue weighted by Gasteiger charge is 2.19. The third-order valence-electron chi connectivity index (χ3n) is 15.7. The zero-order valence-corrected chi connectivity index (χ0v) is 54.5. The summed E-state index contributed by atoms with van der Waals surface area (Å²) in [6.45, 7) is 6.45. The maximum absolute atomic E-state index is 12.8. The van der Waals surface area contributed by atoms with E-state index in [1.165, 1.54) is 225 Å². The molecule has 0 saturated carbocycles. The second-order valence-corrected chi connectivity index (χ2v) is 23.8. The number of allylic oxidation sites excluding steroid dienone is 13. The lowest BCUT2D eigenvalue weighted by Crippen LogP contribution is -2.30. The molecule has 0 aromatic rings. The summed E-state index contributed by atoms with van der Waals surface area (Å²) in [5.74, 6) is -1.05. The first-order valence-corrected chi connectivity index (χ1v) is 35.6. The van der Waals surface area contributed by atoms with Gasteiger partial charge in [-0.2, -0.15) is 0 Å². The number of hydrogen-bond donors (Lipinski definition) is 0. The lowest BCUT2D eigenvalue weighted by Gasteiger charge is -2.18. The summed E-state index contributed by atoms with van der Waals surface area (Å²) in [6, 6.07) is 0. The normalized spacial score (nSPS) is 12.6. The van der Waals surface area contributed by atoms with Gasteiger partial charge in [-0.1, -0.05) is 350 Å². The Hall–Kier alpha value is -3.41. The van der Waals surface area contributed by atoms with Gasteiger partial charge in [-0.05, 0) is 77.0 Å². The molecule has 474 valence electrons. The number of carbonyl (C=O) groups excluding carboxylic acids is 3. The van der Waals surface area contributed by atoms with E-state index in [4.69, 9.17) is 14.2 Å². The molecule has 0 aliphatic heterocycles. The topological polar surface area (TPSA) is 78.9 Å². The van der Waals surface area contributed by atoms with Crippen LogP contribution in [0.2, 0.25) is 0 Å². The minimum absolute atomic E-state index is 0.0948. The van der Waals surface area contributed by atoms with Gasteiger partial charge in [-0.3, -0.25) is 14.4 Å². The van der Waals surface area contributed by atoms with E-state index in [0.717, 1.165) is 96.3 Å². The molecule has 0 heterocycles. The molecule has 0 spiro atoms. The molecular weight excluding hydrogens is 1010 g/mol. The average Bonchev–Trinajstić information content (AvgIpc) is 3.47. The van der Waals surface area contributed by atoms with Gasteiger partial charge in [-0.25, -0.2) is 0 Å². The first-order valence-electron chi connectivity index (χ1n) is 35.6. The number of hydrogen-bond acceptors (Lipinski definition) is 6. The molecule has 0 aromatic heterocycles. The molecule has 0 rings (SSSR count). The lowest BCUT2D eigenvalue weighted by atomic mass is 10.0. The Kier molecular flexibility index (Phi) is 67.2. The first kappa shape index (κ1) is 78.6. The maximum atomic E-state index is 12.8. The molecule has 6 heteroatoms. The Morgan fingerprint density at radius 3 is 0.829 bits per heavy atom. The Labute approximate surface area is 509 Å².